The van der Waals surface area contributed by atoms with E-state index in [1.54, 1.807) is 11.8 Å². The molecule has 1 atom stereocenters. The number of aliphatic imine (C=N–C) groups is 1. The van der Waals surface area contributed by atoms with Crippen molar-refractivity contribution in [2.24, 2.45) is 4.99 Å². The highest BCUT2D eigenvalue weighted by Crippen LogP contribution is 2.10. The first-order valence-electron chi connectivity index (χ1n) is 5.45. The van der Waals surface area contributed by atoms with Gasteiger partial charge < -0.3 is 10.6 Å². The van der Waals surface area contributed by atoms with Crippen LogP contribution in [0.1, 0.15) is 26.7 Å². The molecule has 0 aliphatic carbocycles. The Hall–Kier alpha value is -0.710. The molecule has 1 unspecified atom stereocenters. The average Bonchev–Trinajstić information content (AvgIpc) is 2.27. The minimum absolute atomic E-state index is 0.0470. The van der Waals surface area contributed by atoms with Crippen LogP contribution in [0.3, 0.4) is 0 Å². The predicted octanol–water partition coefficient (Wildman–Crippen LogP) is 0.984. The van der Waals surface area contributed by atoms with E-state index < -0.39 is 0 Å². The zero-order valence-corrected chi connectivity index (χ0v) is 10.2. The predicted molar refractivity (Wildman–Crippen MR) is 65.3 cm³/mol. The van der Waals surface area contributed by atoms with Gasteiger partial charge in [0.2, 0.25) is 5.91 Å². The van der Waals surface area contributed by atoms with Gasteiger partial charge in [0.15, 0.2) is 5.17 Å². The molecule has 1 rings (SSSR count). The molecule has 0 aromatic heterocycles. The number of hydrogen-bond donors (Lipinski definition) is 2. The van der Waals surface area contributed by atoms with Crippen LogP contribution in [0.5, 0.6) is 0 Å². The molecule has 0 saturated carbocycles. The summed E-state index contributed by atoms with van der Waals surface area (Å²) in [6, 6.07) is -0.194. The van der Waals surface area contributed by atoms with Gasteiger partial charge in [0.05, 0.1) is 0 Å². The molecule has 0 aromatic carbocycles. The summed E-state index contributed by atoms with van der Waals surface area (Å²) in [5.41, 5.74) is 0. The van der Waals surface area contributed by atoms with Gasteiger partial charge in [-0.25, -0.2) is 0 Å². The number of carbonyl (C=O) groups excluding carboxylic acids is 1. The lowest BCUT2D eigenvalue weighted by molar-refractivity contribution is -0.122. The number of rotatable bonds is 4. The highest BCUT2D eigenvalue weighted by atomic mass is 32.2. The summed E-state index contributed by atoms with van der Waals surface area (Å²) in [4.78, 5) is 15.9. The van der Waals surface area contributed by atoms with Crippen LogP contribution < -0.4 is 10.6 Å². The van der Waals surface area contributed by atoms with E-state index in [9.17, 15) is 4.79 Å². The van der Waals surface area contributed by atoms with Crippen LogP contribution in [0.25, 0.3) is 0 Å². The van der Waals surface area contributed by atoms with Gasteiger partial charge in [0.25, 0.3) is 0 Å². The first kappa shape index (κ1) is 12.4. The minimum Gasteiger partial charge on any atom is -0.354 e. The summed E-state index contributed by atoms with van der Waals surface area (Å²) in [6.07, 6.45) is 2.10. The summed E-state index contributed by atoms with van der Waals surface area (Å²) >= 11 is 1.69. The van der Waals surface area contributed by atoms with Crippen molar-refractivity contribution < 1.29 is 4.79 Å². The average molecular weight is 229 g/mol. The standard InChI is InChI=1S/C10H19N3OS/c1-3-5-11-9(14)8(2)13-10-12-6-4-7-15-10/h8H,3-7H2,1-2H3,(H,11,14)(H,12,13). The fourth-order valence-electron chi connectivity index (χ4n) is 1.20. The fraction of sp³-hybridized carbons (Fsp3) is 0.800. The molecule has 0 saturated heterocycles. The maximum absolute atomic E-state index is 11.5. The highest BCUT2D eigenvalue weighted by molar-refractivity contribution is 8.13. The van der Waals surface area contributed by atoms with Crippen molar-refractivity contribution >= 4 is 22.8 Å². The van der Waals surface area contributed by atoms with Gasteiger partial charge in [0.1, 0.15) is 6.04 Å². The van der Waals surface area contributed by atoms with E-state index in [4.69, 9.17) is 0 Å². The Balaban J connectivity index is 2.30. The SMILES string of the molecule is CCCNC(=O)C(C)NC1=NCCCS1. The summed E-state index contributed by atoms with van der Waals surface area (Å²) < 4.78 is 0. The molecule has 15 heavy (non-hydrogen) atoms. The van der Waals surface area contributed by atoms with E-state index in [1.165, 1.54) is 0 Å². The molecule has 2 N–H and O–H groups in total. The Kier molecular flexibility index (Phi) is 5.53. The monoisotopic (exact) mass is 229 g/mol. The van der Waals surface area contributed by atoms with Gasteiger partial charge in [-0.1, -0.05) is 18.7 Å². The van der Waals surface area contributed by atoms with Crippen molar-refractivity contribution in [3.8, 4) is 0 Å². The lowest BCUT2D eigenvalue weighted by Gasteiger charge is -2.18. The smallest absolute Gasteiger partial charge is 0.242 e. The van der Waals surface area contributed by atoms with Gasteiger partial charge in [-0.3, -0.25) is 9.79 Å². The first-order valence-corrected chi connectivity index (χ1v) is 6.44. The number of thioether (sulfide) groups is 1. The van der Waals surface area contributed by atoms with E-state index in [1.807, 2.05) is 13.8 Å². The number of hydrogen-bond acceptors (Lipinski definition) is 4. The summed E-state index contributed by atoms with van der Waals surface area (Å²) in [7, 11) is 0. The van der Waals surface area contributed by atoms with E-state index in [-0.39, 0.29) is 11.9 Å². The number of nitrogens with one attached hydrogen (secondary N) is 2. The van der Waals surface area contributed by atoms with Gasteiger partial charge in [-0.2, -0.15) is 0 Å². The normalized spacial score (nSPS) is 17.9. The number of amides is 1. The van der Waals surface area contributed by atoms with Crippen molar-refractivity contribution in [3.05, 3.63) is 0 Å². The molecule has 1 amide bonds. The highest BCUT2D eigenvalue weighted by Gasteiger charge is 2.14. The molecule has 4 nitrogen and oxygen atoms in total. The second kappa shape index (κ2) is 6.71. The van der Waals surface area contributed by atoms with Crippen molar-refractivity contribution in [1.82, 2.24) is 10.6 Å². The van der Waals surface area contributed by atoms with Crippen LogP contribution in [-0.4, -0.2) is 36.0 Å². The Morgan fingerprint density at radius 2 is 2.47 bits per heavy atom. The van der Waals surface area contributed by atoms with Gasteiger partial charge in [0, 0.05) is 18.8 Å². The molecule has 5 heteroatoms. The summed E-state index contributed by atoms with van der Waals surface area (Å²) in [5, 5.41) is 6.89. The van der Waals surface area contributed by atoms with Crippen molar-refractivity contribution in [3.63, 3.8) is 0 Å². The van der Waals surface area contributed by atoms with Gasteiger partial charge in [-0.15, -0.1) is 0 Å². The molecule has 0 spiro atoms. The maximum atomic E-state index is 11.5. The molecular weight excluding hydrogens is 210 g/mol. The summed E-state index contributed by atoms with van der Waals surface area (Å²) in [5.74, 6) is 1.14. The maximum Gasteiger partial charge on any atom is 0.242 e. The fourth-order valence-corrected chi connectivity index (χ4v) is 2.11. The molecule has 0 aromatic rings. The van der Waals surface area contributed by atoms with Crippen LogP contribution in [0.15, 0.2) is 4.99 Å². The van der Waals surface area contributed by atoms with Crippen LogP contribution >= 0.6 is 11.8 Å². The Labute approximate surface area is 95.3 Å². The molecule has 86 valence electrons. The molecule has 0 bridgehead atoms. The second-order valence-electron chi connectivity index (χ2n) is 3.55. The number of nitrogens with zero attached hydrogens (tertiary/aromatic N) is 1. The van der Waals surface area contributed by atoms with E-state index in [0.29, 0.717) is 0 Å². The lowest BCUT2D eigenvalue weighted by atomic mass is 10.3. The molecule has 0 fully saturated rings. The quantitative estimate of drug-likeness (QED) is 0.755. The minimum atomic E-state index is -0.194. The van der Waals surface area contributed by atoms with E-state index in [2.05, 4.69) is 15.6 Å². The summed E-state index contributed by atoms with van der Waals surface area (Å²) in [6.45, 7) is 5.52. The van der Waals surface area contributed by atoms with E-state index >= 15 is 0 Å². The lowest BCUT2D eigenvalue weighted by Crippen LogP contribution is -2.44. The number of carbonyl (C=O) groups is 1. The molecule has 1 aliphatic rings. The second-order valence-corrected chi connectivity index (χ2v) is 4.63. The zero-order valence-electron chi connectivity index (χ0n) is 9.38. The Morgan fingerprint density at radius 1 is 1.67 bits per heavy atom. The van der Waals surface area contributed by atoms with Crippen LogP contribution in [-0.2, 0) is 4.79 Å². The van der Waals surface area contributed by atoms with Crippen molar-refractivity contribution in [2.75, 3.05) is 18.8 Å². The van der Waals surface area contributed by atoms with Crippen molar-refractivity contribution in [1.29, 1.82) is 0 Å². The largest absolute Gasteiger partial charge is 0.354 e. The van der Waals surface area contributed by atoms with Crippen LogP contribution in [0, 0.1) is 0 Å². The molecule has 1 aliphatic heterocycles. The molecule has 0 radical (unpaired) electrons. The molecular formula is C10H19N3OS. The first-order chi connectivity index (χ1) is 7.24. The van der Waals surface area contributed by atoms with Crippen molar-refractivity contribution in [2.45, 2.75) is 32.7 Å². The Bertz CT molecular complexity index is 243. The van der Waals surface area contributed by atoms with Gasteiger partial charge in [-0.05, 0) is 19.8 Å². The topological polar surface area (TPSA) is 53.5 Å². The third-order valence-electron chi connectivity index (χ3n) is 2.08. The molecule has 1 heterocycles. The van der Waals surface area contributed by atoms with Crippen LogP contribution in [0.2, 0.25) is 0 Å². The number of amidine groups is 1. The third-order valence-corrected chi connectivity index (χ3v) is 3.09. The Morgan fingerprint density at radius 3 is 3.07 bits per heavy atom. The van der Waals surface area contributed by atoms with Crippen LogP contribution in [0.4, 0.5) is 0 Å². The van der Waals surface area contributed by atoms with E-state index in [0.717, 1.165) is 36.9 Å². The van der Waals surface area contributed by atoms with Gasteiger partial charge >= 0.3 is 0 Å². The third kappa shape index (κ3) is 4.55. The zero-order chi connectivity index (χ0) is 11.1.